The highest BCUT2D eigenvalue weighted by Crippen LogP contribution is 2.48. The van der Waals surface area contributed by atoms with Gasteiger partial charge in [-0.05, 0) is 61.9 Å². The molecule has 196 valence electrons. The first-order valence-electron chi connectivity index (χ1n) is 12.6. The average molecular weight is 580 g/mol. The molecular weight excluding hydrogens is 551 g/mol. The van der Waals surface area contributed by atoms with Gasteiger partial charge >= 0.3 is 0 Å². The number of aromatic nitrogens is 1. The molecule has 0 radical (unpaired) electrons. The number of nitrogens with one attached hydrogen (secondary N) is 1. The van der Waals surface area contributed by atoms with Crippen LogP contribution in [0.2, 0.25) is 10.0 Å². The monoisotopic (exact) mass is 578 g/mol. The van der Waals surface area contributed by atoms with Crippen molar-refractivity contribution >= 4 is 44.8 Å². The van der Waals surface area contributed by atoms with E-state index in [9.17, 15) is 8.42 Å². The largest absolute Gasteiger partial charge is 0.471 e. The number of nitrogens with zero attached hydrogens (tertiary/aromatic N) is 1. The van der Waals surface area contributed by atoms with Crippen molar-refractivity contribution in [1.29, 1.82) is 0 Å². The predicted octanol–water partition coefficient (Wildman–Crippen LogP) is 7.80. The van der Waals surface area contributed by atoms with Crippen LogP contribution in [0.3, 0.4) is 0 Å². The Bertz CT molecular complexity index is 1370. The molecule has 1 unspecified atom stereocenters. The summed E-state index contributed by atoms with van der Waals surface area (Å²) in [5, 5.41) is 1.20. The third kappa shape index (κ3) is 5.94. The van der Waals surface area contributed by atoms with Gasteiger partial charge in [-0.1, -0.05) is 60.0 Å². The van der Waals surface area contributed by atoms with Gasteiger partial charge in [0.25, 0.3) is 0 Å². The van der Waals surface area contributed by atoms with Crippen molar-refractivity contribution in [2.75, 3.05) is 11.6 Å². The molecule has 0 amide bonds. The number of hydrogen-bond donors (Lipinski definition) is 1. The van der Waals surface area contributed by atoms with E-state index in [2.05, 4.69) is 4.72 Å². The van der Waals surface area contributed by atoms with Crippen molar-refractivity contribution in [3.63, 3.8) is 0 Å². The highest BCUT2D eigenvalue weighted by Gasteiger charge is 2.44. The minimum Gasteiger partial charge on any atom is -0.471 e. The summed E-state index contributed by atoms with van der Waals surface area (Å²) in [7, 11) is -3.55. The Balaban J connectivity index is 1.68. The highest BCUT2D eigenvalue weighted by atomic mass is 35.5. The van der Waals surface area contributed by atoms with Crippen LogP contribution in [0, 0.1) is 0 Å². The minimum atomic E-state index is -3.55. The lowest BCUT2D eigenvalue weighted by Gasteiger charge is -2.44. The number of benzene rings is 2. The molecule has 1 saturated carbocycles. The molecule has 5 rings (SSSR count). The normalized spacial score (nSPS) is 18.8. The van der Waals surface area contributed by atoms with Crippen LogP contribution in [-0.2, 0) is 10.0 Å². The molecule has 5 nitrogen and oxygen atoms in total. The second kappa shape index (κ2) is 11.1. The molecule has 0 bridgehead atoms. The summed E-state index contributed by atoms with van der Waals surface area (Å²) in [4.78, 5) is 5.04. The summed E-state index contributed by atoms with van der Waals surface area (Å²) in [5.74, 6) is 0.732. The van der Waals surface area contributed by atoms with E-state index in [-0.39, 0.29) is 5.75 Å². The van der Waals surface area contributed by atoms with Gasteiger partial charge in [-0.15, -0.1) is 11.6 Å². The second-order valence-electron chi connectivity index (χ2n) is 9.85. The quantitative estimate of drug-likeness (QED) is 0.290. The zero-order valence-corrected chi connectivity index (χ0v) is 23.4. The third-order valence-corrected chi connectivity index (χ3v) is 9.52. The Morgan fingerprint density at radius 3 is 2.43 bits per heavy atom. The Labute approximate surface area is 233 Å². The van der Waals surface area contributed by atoms with Crippen molar-refractivity contribution in [3.05, 3.63) is 70.2 Å². The number of alkyl halides is 1. The van der Waals surface area contributed by atoms with Gasteiger partial charge in [-0.2, -0.15) is 0 Å². The van der Waals surface area contributed by atoms with Gasteiger partial charge in [0.1, 0.15) is 5.60 Å². The van der Waals surface area contributed by atoms with Crippen LogP contribution in [-0.4, -0.2) is 30.6 Å². The molecular formula is C28H29Cl3N2O3S. The van der Waals surface area contributed by atoms with E-state index in [4.69, 9.17) is 44.5 Å². The minimum absolute atomic E-state index is 0.0225. The fourth-order valence-corrected chi connectivity index (χ4v) is 7.34. The van der Waals surface area contributed by atoms with Crippen molar-refractivity contribution in [1.82, 2.24) is 9.71 Å². The third-order valence-electron chi connectivity index (χ3n) is 7.20. The fourth-order valence-electron chi connectivity index (χ4n) is 5.41. The summed E-state index contributed by atoms with van der Waals surface area (Å²) in [5.41, 5.74) is 3.47. The van der Waals surface area contributed by atoms with Gasteiger partial charge in [0.15, 0.2) is 0 Å². The molecule has 1 aliphatic carbocycles. The first-order chi connectivity index (χ1) is 17.8. The van der Waals surface area contributed by atoms with E-state index in [1.165, 1.54) is 0 Å². The van der Waals surface area contributed by atoms with Crippen LogP contribution in [0.1, 0.15) is 56.6 Å². The van der Waals surface area contributed by atoms with Gasteiger partial charge < -0.3 is 4.74 Å². The topological polar surface area (TPSA) is 68.3 Å². The summed E-state index contributed by atoms with van der Waals surface area (Å²) < 4.78 is 35.6. The molecule has 0 saturated heterocycles. The van der Waals surface area contributed by atoms with Gasteiger partial charge in [0.2, 0.25) is 15.9 Å². The van der Waals surface area contributed by atoms with E-state index in [1.807, 2.05) is 54.6 Å². The summed E-state index contributed by atoms with van der Waals surface area (Å²) in [6.07, 6.45) is 5.92. The summed E-state index contributed by atoms with van der Waals surface area (Å²) in [6, 6.07) is 16.6. The van der Waals surface area contributed by atoms with Crippen molar-refractivity contribution in [2.45, 2.75) is 56.6 Å². The van der Waals surface area contributed by atoms with E-state index in [0.717, 1.165) is 54.4 Å². The molecule has 9 heteroatoms. The molecule has 1 atom stereocenters. The van der Waals surface area contributed by atoms with Crippen LogP contribution in [0.25, 0.3) is 22.4 Å². The Hall–Kier alpha value is -1.83. The van der Waals surface area contributed by atoms with Crippen LogP contribution in [0.4, 0.5) is 0 Å². The van der Waals surface area contributed by atoms with Gasteiger partial charge in [-0.25, -0.2) is 18.1 Å². The van der Waals surface area contributed by atoms with E-state index < -0.39 is 21.7 Å². The number of fused-ring (bicyclic) bond motifs is 1. The molecule has 1 spiro atoms. The highest BCUT2D eigenvalue weighted by molar-refractivity contribution is 7.89. The first kappa shape index (κ1) is 26.8. The lowest BCUT2D eigenvalue weighted by atomic mass is 9.77. The number of ether oxygens (including phenoxy) is 1. The number of halogens is 3. The lowest BCUT2D eigenvalue weighted by molar-refractivity contribution is -0.00420. The summed E-state index contributed by atoms with van der Waals surface area (Å²) >= 11 is 18.6. The first-order valence-corrected chi connectivity index (χ1v) is 15.5. The predicted molar refractivity (Wildman–Crippen MR) is 151 cm³/mol. The molecule has 1 aliphatic heterocycles. The van der Waals surface area contributed by atoms with E-state index >= 15 is 0 Å². The lowest BCUT2D eigenvalue weighted by Crippen LogP contribution is -2.47. The SMILES string of the molecule is O=S(=O)(CCCCl)NC1CC2(CCCCC2)Oc2nc(-c3ccccc3Cl)c(-c3ccc(Cl)cc3)cc21. The maximum absolute atomic E-state index is 13.0. The van der Waals surface area contributed by atoms with Gasteiger partial charge in [0, 0.05) is 39.0 Å². The smallest absolute Gasteiger partial charge is 0.219 e. The van der Waals surface area contributed by atoms with E-state index in [0.29, 0.717) is 40.3 Å². The van der Waals surface area contributed by atoms with Crippen LogP contribution in [0.15, 0.2) is 54.6 Å². The molecule has 1 fully saturated rings. The molecule has 1 aromatic heterocycles. The number of sulfonamides is 1. The van der Waals surface area contributed by atoms with Crippen molar-refractivity contribution in [2.24, 2.45) is 0 Å². The standard InChI is InChI=1S/C28H29Cl3N2O3S/c29-15-6-16-37(34,35)33-25-18-28(13-4-1-5-14-28)36-27-23(25)17-22(19-9-11-20(30)12-10-19)26(32-27)21-7-2-3-8-24(21)31/h2-3,7-12,17,25,33H,1,4-6,13-16,18H2. The molecule has 3 aromatic rings. The molecule has 37 heavy (non-hydrogen) atoms. The maximum atomic E-state index is 13.0. The molecule has 2 aliphatic rings. The van der Waals surface area contributed by atoms with Crippen molar-refractivity contribution in [3.8, 4) is 28.3 Å². The zero-order valence-electron chi connectivity index (χ0n) is 20.4. The zero-order chi connectivity index (χ0) is 26.0. The molecule has 1 N–H and O–H groups in total. The van der Waals surface area contributed by atoms with Crippen LogP contribution >= 0.6 is 34.8 Å². The summed E-state index contributed by atoms with van der Waals surface area (Å²) in [6.45, 7) is 0. The average Bonchev–Trinajstić information content (AvgIpc) is 2.88. The van der Waals surface area contributed by atoms with Crippen LogP contribution < -0.4 is 9.46 Å². The van der Waals surface area contributed by atoms with Gasteiger partial charge in [0.05, 0.1) is 17.5 Å². The Morgan fingerprint density at radius 1 is 1.00 bits per heavy atom. The Kier molecular flexibility index (Phi) is 8.04. The Morgan fingerprint density at radius 2 is 1.73 bits per heavy atom. The number of rotatable bonds is 7. The fraction of sp³-hybridized carbons (Fsp3) is 0.393. The van der Waals surface area contributed by atoms with Crippen molar-refractivity contribution < 1.29 is 13.2 Å². The number of pyridine rings is 1. The molecule has 2 aromatic carbocycles. The maximum Gasteiger partial charge on any atom is 0.219 e. The van der Waals surface area contributed by atoms with Gasteiger partial charge in [-0.3, -0.25) is 0 Å². The second-order valence-corrected chi connectivity index (χ2v) is 12.9. The molecule has 2 heterocycles. The van der Waals surface area contributed by atoms with E-state index in [1.54, 1.807) is 0 Å². The van der Waals surface area contributed by atoms with Crippen LogP contribution in [0.5, 0.6) is 5.88 Å². The number of hydrogen-bond acceptors (Lipinski definition) is 4.